The first-order valence-corrected chi connectivity index (χ1v) is 13.3. The zero-order valence-corrected chi connectivity index (χ0v) is 23.0. The maximum atomic E-state index is 13.5. The van der Waals surface area contributed by atoms with E-state index >= 15 is 0 Å². The standard InChI is InChI=1S/C25H23Br2ClN4O3/c1-2-34-20-12-16(21(27)22(28)23(20)35-11-10-29)14-30-32-24(15-6-4-3-5-7-15)31-19-9-8-17(26)13-18(19)25(32)33/h8-9,12-15H,2-7,11H2,1H3. The SMILES string of the molecule is CCOc1cc(C=Nn2c(C3CCCCC3)nc3ccc(Br)cc3c2=O)c(Br)c(Cl)c1OCC#N. The van der Waals surface area contributed by atoms with Crippen molar-refractivity contribution in [1.29, 1.82) is 5.26 Å². The summed E-state index contributed by atoms with van der Waals surface area (Å²) in [5.41, 5.74) is 1.03. The quantitative estimate of drug-likeness (QED) is 0.270. The summed E-state index contributed by atoms with van der Waals surface area (Å²) in [4.78, 5) is 18.4. The molecule has 0 amide bonds. The number of halogens is 3. The Bertz CT molecular complexity index is 1380. The monoisotopic (exact) mass is 620 g/mol. The third-order valence-electron chi connectivity index (χ3n) is 5.85. The second-order valence-corrected chi connectivity index (χ2v) is 10.2. The molecule has 4 rings (SSSR count). The van der Waals surface area contributed by atoms with Gasteiger partial charge in [0.2, 0.25) is 0 Å². The van der Waals surface area contributed by atoms with Crippen LogP contribution in [-0.2, 0) is 0 Å². The highest BCUT2D eigenvalue weighted by atomic mass is 79.9. The molecule has 35 heavy (non-hydrogen) atoms. The average molecular weight is 623 g/mol. The van der Waals surface area contributed by atoms with Gasteiger partial charge in [0.1, 0.15) is 16.9 Å². The maximum Gasteiger partial charge on any atom is 0.282 e. The molecule has 0 bridgehead atoms. The van der Waals surface area contributed by atoms with E-state index in [4.69, 9.17) is 31.3 Å². The summed E-state index contributed by atoms with van der Waals surface area (Å²) in [6.07, 6.45) is 6.90. The topological polar surface area (TPSA) is 89.5 Å². The van der Waals surface area contributed by atoms with Gasteiger partial charge in [0.25, 0.3) is 5.56 Å². The van der Waals surface area contributed by atoms with Crippen molar-refractivity contribution in [3.8, 4) is 17.6 Å². The van der Waals surface area contributed by atoms with Gasteiger partial charge in [-0.3, -0.25) is 4.79 Å². The van der Waals surface area contributed by atoms with Crippen LogP contribution in [0.1, 0.15) is 56.3 Å². The molecule has 1 aliphatic rings. The fraction of sp³-hybridized carbons (Fsp3) is 0.360. The van der Waals surface area contributed by atoms with Gasteiger partial charge in [-0.05, 0) is 60.0 Å². The van der Waals surface area contributed by atoms with Crippen LogP contribution in [0, 0.1) is 11.3 Å². The zero-order valence-electron chi connectivity index (χ0n) is 19.1. The number of nitrogens with zero attached hydrogens (tertiary/aromatic N) is 4. The molecule has 2 aromatic carbocycles. The van der Waals surface area contributed by atoms with Gasteiger partial charge in [0, 0.05) is 20.4 Å². The number of hydrogen-bond donors (Lipinski definition) is 0. The molecule has 1 heterocycles. The molecular formula is C25H23Br2ClN4O3. The van der Waals surface area contributed by atoms with E-state index in [1.165, 1.54) is 11.1 Å². The molecule has 3 aromatic rings. The lowest BCUT2D eigenvalue weighted by molar-refractivity contribution is 0.298. The van der Waals surface area contributed by atoms with Gasteiger partial charge >= 0.3 is 0 Å². The highest BCUT2D eigenvalue weighted by molar-refractivity contribution is 9.10. The maximum absolute atomic E-state index is 13.5. The van der Waals surface area contributed by atoms with Crippen molar-refractivity contribution in [3.05, 3.63) is 60.0 Å². The van der Waals surface area contributed by atoms with Crippen LogP contribution >= 0.6 is 43.5 Å². The minimum Gasteiger partial charge on any atom is -0.490 e. The summed E-state index contributed by atoms with van der Waals surface area (Å²) < 4.78 is 13.9. The Kier molecular flexibility index (Phi) is 8.47. The molecule has 0 unspecified atom stereocenters. The molecule has 10 heteroatoms. The van der Waals surface area contributed by atoms with Crippen LogP contribution in [-0.4, -0.2) is 29.1 Å². The second-order valence-electron chi connectivity index (χ2n) is 8.13. The van der Waals surface area contributed by atoms with E-state index in [0.29, 0.717) is 39.1 Å². The molecule has 0 saturated heterocycles. The molecule has 182 valence electrons. The Labute approximate surface area is 225 Å². The molecule has 7 nitrogen and oxygen atoms in total. The number of rotatable bonds is 7. The van der Waals surface area contributed by atoms with Gasteiger partial charge in [-0.1, -0.05) is 46.8 Å². The second kappa shape index (κ2) is 11.5. The van der Waals surface area contributed by atoms with Crippen molar-refractivity contribution in [1.82, 2.24) is 9.66 Å². The van der Waals surface area contributed by atoms with Gasteiger partial charge in [-0.2, -0.15) is 15.0 Å². The summed E-state index contributed by atoms with van der Waals surface area (Å²) in [5.74, 6) is 1.49. The van der Waals surface area contributed by atoms with E-state index in [1.807, 2.05) is 25.1 Å². The average Bonchev–Trinajstić information content (AvgIpc) is 2.87. The summed E-state index contributed by atoms with van der Waals surface area (Å²) in [6.45, 7) is 2.05. The van der Waals surface area contributed by atoms with Crippen molar-refractivity contribution in [2.75, 3.05) is 13.2 Å². The van der Waals surface area contributed by atoms with Gasteiger partial charge < -0.3 is 9.47 Å². The van der Waals surface area contributed by atoms with Crippen LogP contribution in [0.25, 0.3) is 10.9 Å². The molecule has 0 radical (unpaired) electrons. The van der Waals surface area contributed by atoms with Gasteiger partial charge in [-0.15, -0.1) is 0 Å². The van der Waals surface area contributed by atoms with Gasteiger partial charge in [0.05, 0.1) is 23.7 Å². The van der Waals surface area contributed by atoms with Crippen LogP contribution in [0.5, 0.6) is 11.5 Å². The molecule has 0 spiro atoms. The molecule has 0 aliphatic heterocycles. The third-order valence-corrected chi connectivity index (χ3v) is 7.79. The van der Waals surface area contributed by atoms with Crippen LogP contribution in [0.2, 0.25) is 5.02 Å². The first kappa shape index (κ1) is 25.7. The first-order valence-electron chi connectivity index (χ1n) is 11.4. The van der Waals surface area contributed by atoms with E-state index in [9.17, 15) is 4.79 Å². The molecule has 1 aliphatic carbocycles. The van der Waals surface area contributed by atoms with E-state index in [2.05, 4.69) is 37.0 Å². The summed E-state index contributed by atoms with van der Waals surface area (Å²) in [5, 5.41) is 14.2. The van der Waals surface area contributed by atoms with Crippen LogP contribution in [0.15, 0.2) is 43.1 Å². The lowest BCUT2D eigenvalue weighted by atomic mass is 9.88. The zero-order chi connectivity index (χ0) is 24.9. The van der Waals surface area contributed by atoms with Crippen LogP contribution < -0.4 is 15.0 Å². The largest absolute Gasteiger partial charge is 0.490 e. The van der Waals surface area contributed by atoms with E-state index < -0.39 is 0 Å². The molecule has 1 saturated carbocycles. The normalized spacial score (nSPS) is 14.4. The lowest BCUT2D eigenvalue weighted by Crippen LogP contribution is -2.25. The Balaban J connectivity index is 1.84. The molecular weight excluding hydrogens is 600 g/mol. The highest BCUT2D eigenvalue weighted by Crippen LogP contribution is 2.42. The summed E-state index contributed by atoms with van der Waals surface area (Å²) >= 11 is 13.5. The molecule has 0 atom stereocenters. The lowest BCUT2D eigenvalue weighted by Gasteiger charge is -2.22. The van der Waals surface area contributed by atoms with Crippen molar-refractivity contribution >= 4 is 60.6 Å². The minimum atomic E-state index is -0.227. The number of benzene rings is 2. The van der Waals surface area contributed by atoms with Crippen LogP contribution in [0.3, 0.4) is 0 Å². The minimum absolute atomic E-state index is 0.161. The Morgan fingerprint density at radius 1 is 1.26 bits per heavy atom. The van der Waals surface area contributed by atoms with Gasteiger partial charge in [0.15, 0.2) is 18.1 Å². The van der Waals surface area contributed by atoms with Crippen molar-refractivity contribution < 1.29 is 9.47 Å². The first-order chi connectivity index (χ1) is 16.9. The van der Waals surface area contributed by atoms with Crippen molar-refractivity contribution in [2.24, 2.45) is 5.10 Å². The fourth-order valence-electron chi connectivity index (χ4n) is 4.22. The van der Waals surface area contributed by atoms with Crippen LogP contribution in [0.4, 0.5) is 0 Å². The summed E-state index contributed by atoms with van der Waals surface area (Å²) in [7, 11) is 0. The number of ether oxygens (including phenoxy) is 2. The summed E-state index contributed by atoms with van der Waals surface area (Å²) in [6, 6.07) is 9.15. The Hall–Kier alpha value is -2.41. The van der Waals surface area contributed by atoms with E-state index in [-0.39, 0.29) is 28.9 Å². The van der Waals surface area contributed by atoms with Crippen molar-refractivity contribution in [3.63, 3.8) is 0 Å². The van der Waals surface area contributed by atoms with Crippen molar-refractivity contribution in [2.45, 2.75) is 44.9 Å². The number of aromatic nitrogens is 2. The smallest absolute Gasteiger partial charge is 0.282 e. The fourth-order valence-corrected chi connectivity index (χ4v) is 5.24. The van der Waals surface area contributed by atoms with E-state index in [0.717, 1.165) is 30.2 Å². The number of hydrogen-bond acceptors (Lipinski definition) is 6. The third kappa shape index (κ3) is 5.55. The predicted octanol–water partition coefficient (Wildman–Crippen LogP) is 6.81. The predicted molar refractivity (Wildman–Crippen MR) is 144 cm³/mol. The Morgan fingerprint density at radius 3 is 2.74 bits per heavy atom. The van der Waals surface area contributed by atoms with E-state index in [1.54, 1.807) is 18.3 Å². The Morgan fingerprint density at radius 2 is 2.03 bits per heavy atom. The molecule has 1 aromatic heterocycles. The molecule has 1 fully saturated rings. The molecule has 0 N–H and O–H groups in total. The highest BCUT2D eigenvalue weighted by Gasteiger charge is 2.23. The number of fused-ring (bicyclic) bond motifs is 1. The number of nitriles is 1. The van der Waals surface area contributed by atoms with Gasteiger partial charge in [-0.25, -0.2) is 4.98 Å².